The minimum atomic E-state index is -0.466. The lowest BCUT2D eigenvalue weighted by Crippen LogP contribution is -2.62. The van der Waals surface area contributed by atoms with E-state index in [2.05, 4.69) is 5.32 Å². The van der Waals surface area contributed by atoms with Crippen molar-refractivity contribution < 1.29 is 18.7 Å². The van der Waals surface area contributed by atoms with Gasteiger partial charge in [-0.15, -0.1) is 0 Å². The molecule has 6 nitrogen and oxygen atoms in total. The fraction of sp³-hybridized carbons (Fsp3) is 0.667. The van der Waals surface area contributed by atoms with Crippen LogP contribution in [0, 0.1) is 5.41 Å². The van der Waals surface area contributed by atoms with E-state index in [9.17, 15) is 9.59 Å². The summed E-state index contributed by atoms with van der Waals surface area (Å²) >= 11 is 0. The van der Waals surface area contributed by atoms with E-state index in [1.807, 2.05) is 17.0 Å². The molecular weight excluding hydrogens is 308 g/mol. The molecule has 1 aliphatic carbocycles. The second-order valence-corrected chi connectivity index (χ2v) is 6.76. The van der Waals surface area contributed by atoms with E-state index in [-0.39, 0.29) is 17.9 Å². The van der Waals surface area contributed by atoms with Crippen LogP contribution in [0.25, 0.3) is 0 Å². The van der Waals surface area contributed by atoms with Gasteiger partial charge in [-0.05, 0) is 31.4 Å². The largest absolute Gasteiger partial charge is 0.467 e. The SMILES string of the molecule is COCCN1C(=O)CCC2(C(=O)NCc3ccco3)CCCCC12. The lowest BCUT2D eigenvalue weighted by atomic mass is 9.64. The molecule has 0 radical (unpaired) electrons. The third-order valence-corrected chi connectivity index (χ3v) is 5.46. The number of nitrogens with one attached hydrogen (secondary N) is 1. The van der Waals surface area contributed by atoms with Crippen LogP contribution in [0.15, 0.2) is 22.8 Å². The number of piperidine rings is 1. The lowest BCUT2D eigenvalue weighted by Gasteiger charge is -2.51. The molecule has 6 heteroatoms. The summed E-state index contributed by atoms with van der Waals surface area (Å²) < 4.78 is 10.5. The smallest absolute Gasteiger partial charge is 0.228 e. The minimum Gasteiger partial charge on any atom is -0.467 e. The molecule has 1 aliphatic heterocycles. The third kappa shape index (κ3) is 3.20. The quantitative estimate of drug-likeness (QED) is 0.865. The molecule has 0 aromatic carbocycles. The van der Waals surface area contributed by atoms with Gasteiger partial charge < -0.3 is 19.4 Å². The van der Waals surface area contributed by atoms with Gasteiger partial charge in [-0.1, -0.05) is 12.8 Å². The van der Waals surface area contributed by atoms with E-state index in [4.69, 9.17) is 9.15 Å². The highest BCUT2D eigenvalue weighted by Crippen LogP contribution is 2.46. The van der Waals surface area contributed by atoms with Gasteiger partial charge >= 0.3 is 0 Å². The van der Waals surface area contributed by atoms with E-state index in [1.54, 1.807) is 13.4 Å². The summed E-state index contributed by atoms with van der Waals surface area (Å²) in [5.74, 6) is 0.946. The molecule has 2 unspecified atom stereocenters. The van der Waals surface area contributed by atoms with Gasteiger partial charge in [-0.3, -0.25) is 9.59 Å². The maximum atomic E-state index is 13.1. The van der Waals surface area contributed by atoms with E-state index in [0.29, 0.717) is 32.5 Å². The molecule has 1 aromatic rings. The summed E-state index contributed by atoms with van der Waals surface area (Å²) in [5, 5.41) is 3.03. The average Bonchev–Trinajstić information content (AvgIpc) is 3.12. The van der Waals surface area contributed by atoms with E-state index < -0.39 is 5.41 Å². The highest BCUT2D eigenvalue weighted by atomic mass is 16.5. The van der Waals surface area contributed by atoms with Crippen molar-refractivity contribution in [3.63, 3.8) is 0 Å². The van der Waals surface area contributed by atoms with Gasteiger partial charge in [-0.2, -0.15) is 0 Å². The topological polar surface area (TPSA) is 71.8 Å². The molecular formula is C18H26N2O4. The lowest BCUT2D eigenvalue weighted by molar-refractivity contribution is -0.156. The molecule has 0 spiro atoms. The molecule has 1 aromatic heterocycles. The molecule has 2 amide bonds. The predicted molar refractivity (Wildman–Crippen MR) is 88.1 cm³/mol. The first kappa shape index (κ1) is 17.0. The van der Waals surface area contributed by atoms with Gasteiger partial charge in [0.25, 0.3) is 0 Å². The highest BCUT2D eigenvalue weighted by molar-refractivity contribution is 5.87. The standard InChI is InChI=1S/C18H26N2O4/c1-23-12-10-20-15-6-2-3-8-18(15,9-7-16(20)21)17(22)19-13-14-5-4-11-24-14/h4-5,11,15H,2-3,6-10,12-13H2,1H3,(H,19,22). The monoisotopic (exact) mass is 334 g/mol. The Kier molecular flexibility index (Phi) is 5.23. The molecule has 3 rings (SSSR count). The Balaban J connectivity index is 1.76. The van der Waals surface area contributed by atoms with Crippen LogP contribution in [0.3, 0.4) is 0 Å². The third-order valence-electron chi connectivity index (χ3n) is 5.46. The molecule has 2 atom stereocenters. The fourth-order valence-electron chi connectivity index (χ4n) is 4.22. The highest BCUT2D eigenvalue weighted by Gasteiger charge is 2.52. The first-order valence-electron chi connectivity index (χ1n) is 8.76. The van der Waals surface area contributed by atoms with Crippen molar-refractivity contribution in [2.45, 2.75) is 51.1 Å². The van der Waals surface area contributed by atoms with Gasteiger partial charge in [0.2, 0.25) is 11.8 Å². The zero-order chi connectivity index (χ0) is 17.0. The van der Waals surface area contributed by atoms with Crippen LogP contribution in [0.5, 0.6) is 0 Å². The normalized spacial score (nSPS) is 27.0. The van der Waals surface area contributed by atoms with Crippen molar-refractivity contribution in [1.82, 2.24) is 10.2 Å². The summed E-state index contributed by atoms with van der Waals surface area (Å²) in [6, 6.07) is 3.65. The Labute approximate surface area is 142 Å². The molecule has 2 aliphatic rings. The maximum Gasteiger partial charge on any atom is 0.228 e. The molecule has 2 fully saturated rings. The summed E-state index contributed by atoms with van der Waals surface area (Å²) in [4.78, 5) is 27.3. The molecule has 24 heavy (non-hydrogen) atoms. The zero-order valence-electron chi connectivity index (χ0n) is 14.3. The number of hydrogen-bond acceptors (Lipinski definition) is 4. The van der Waals surface area contributed by atoms with Crippen molar-refractivity contribution in [2.24, 2.45) is 5.41 Å². The molecule has 1 N–H and O–H groups in total. The number of hydrogen-bond donors (Lipinski definition) is 1. The fourth-order valence-corrected chi connectivity index (χ4v) is 4.22. The van der Waals surface area contributed by atoms with Gasteiger partial charge in [0.1, 0.15) is 5.76 Å². The van der Waals surface area contributed by atoms with Crippen molar-refractivity contribution in [2.75, 3.05) is 20.3 Å². The number of furan rings is 1. The number of likely N-dealkylation sites (tertiary alicyclic amines) is 1. The number of methoxy groups -OCH3 is 1. The Morgan fingerprint density at radius 1 is 1.46 bits per heavy atom. The van der Waals surface area contributed by atoms with Crippen LogP contribution in [0.4, 0.5) is 0 Å². The van der Waals surface area contributed by atoms with Crippen molar-refractivity contribution in [3.05, 3.63) is 24.2 Å². The molecule has 2 heterocycles. The van der Waals surface area contributed by atoms with Crippen LogP contribution in [0.2, 0.25) is 0 Å². The van der Waals surface area contributed by atoms with Gasteiger partial charge in [0.05, 0.1) is 24.8 Å². The second-order valence-electron chi connectivity index (χ2n) is 6.76. The second kappa shape index (κ2) is 7.38. The summed E-state index contributed by atoms with van der Waals surface area (Å²) in [5.41, 5.74) is -0.466. The van der Waals surface area contributed by atoms with Crippen LogP contribution >= 0.6 is 0 Å². The Hall–Kier alpha value is -1.82. The number of amides is 2. The summed E-state index contributed by atoms with van der Waals surface area (Å²) in [6.45, 7) is 1.46. The van der Waals surface area contributed by atoms with Crippen LogP contribution < -0.4 is 5.32 Å². The zero-order valence-corrected chi connectivity index (χ0v) is 14.3. The predicted octanol–water partition coefficient (Wildman–Crippen LogP) is 2.09. The minimum absolute atomic E-state index is 0.0146. The van der Waals surface area contributed by atoms with Crippen molar-refractivity contribution in [3.8, 4) is 0 Å². The Bertz CT molecular complexity index is 572. The molecule has 0 bridgehead atoms. The summed E-state index contributed by atoms with van der Waals surface area (Å²) in [6.07, 6.45) is 6.53. The number of carbonyl (C=O) groups excluding carboxylic acids is 2. The molecule has 1 saturated carbocycles. The average molecular weight is 334 g/mol. The number of fused-ring (bicyclic) bond motifs is 1. The van der Waals surface area contributed by atoms with Crippen LogP contribution in [-0.4, -0.2) is 43.0 Å². The van der Waals surface area contributed by atoms with Crippen molar-refractivity contribution >= 4 is 11.8 Å². The first-order valence-corrected chi connectivity index (χ1v) is 8.76. The maximum absolute atomic E-state index is 13.1. The number of ether oxygens (including phenoxy) is 1. The molecule has 132 valence electrons. The first-order chi connectivity index (χ1) is 11.7. The van der Waals surface area contributed by atoms with E-state index >= 15 is 0 Å². The summed E-state index contributed by atoms with van der Waals surface area (Å²) in [7, 11) is 1.64. The van der Waals surface area contributed by atoms with E-state index in [1.165, 1.54) is 0 Å². The van der Waals surface area contributed by atoms with E-state index in [0.717, 1.165) is 31.4 Å². The van der Waals surface area contributed by atoms with Gasteiger partial charge in [0.15, 0.2) is 0 Å². The van der Waals surface area contributed by atoms with Crippen LogP contribution in [-0.2, 0) is 20.9 Å². The molecule has 1 saturated heterocycles. The van der Waals surface area contributed by atoms with Gasteiger partial charge in [0, 0.05) is 26.1 Å². The van der Waals surface area contributed by atoms with Gasteiger partial charge in [-0.25, -0.2) is 0 Å². The van der Waals surface area contributed by atoms with Crippen LogP contribution in [0.1, 0.15) is 44.3 Å². The number of rotatable bonds is 6. The Morgan fingerprint density at radius 2 is 2.33 bits per heavy atom. The number of nitrogens with zero attached hydrogens (tertiary/aromatic N) is 1. The number of carbonyl (C=O) groups is 2. The van der Waals surface area contributed by atoms with Crippen molar-refractivity contribution in [1.29, 1.82) is 0 Å². The Morgan fingerprint density at radius 3 is 3.08 bits per heavy atom.